The molecule has 178 valence electrons. The van der Waals surface area contributed by atoms with Crippen molar-refractivity contribution in [2.45, 2.75) is 19.8 Å². The minimum Gasteiger partial charge on any atom is -0.457 e. The second-order valence-corrected chi connectivity index (χ2v) is 10.3. The number of halogens is 1. The summed E-state index contributed by atoms with van der Waals surface area (Å²) in [6.45, 7) is 3.90. The molecule has 0 bridgehead atoms. The first-order valence-corrected chi connectivity index (χ1v) is 12.6. The second-order valence-electron chi connectivity index (χ2n) is 9.46. The molecule has 2 heterocycles. The number of carbonyl (C=O) groups excluding carboxylic acids is 1. The lowest BCUT2D eigenvalue weighted by Crippen LogP contribution is -2.38. The molecular formula is C30H23FN2O2S. The van der Waals surface area contributed by atoms with Gasteiger partial charge in [-0.2, -0.15) is 0 Å². The summed E-state index contributed by atoms with van der Waals surface area (Å²) in [5.41, 5.74) is 2.69. The number of amides is 1. The first-order valence-electron chi connectivity index (χ1n) is 11.7. The summed E-state index contributed by atoms with van der Waals surface area (Å²) in [6, 6.07) is 26.3. The summed E-state index contributed by atoms with van der Waals surface area (Å²) >= 11 is 1.36. The number of para-hydroxylation sites is 2. The lowest BCUT2D eigenvalue weighted by molar-refractivity contribution is -0.124. The lowest BCUT2D eigenvalue weighted by Gasteiger charge is -2.38. The maximum atomic E-state index is 14.3. The standard InChI is InChI=1S/C30H23FN2O2S/c1-30(2,27-21-11-5-7-13-25(21)35-26-14-8-6-12-22(26)27)28(34)33-29-32-24(17-36-29)20-15-16-23(31)19-10-4-3-9-18(19)20/h3-17,27H,1-2H3,(H,32,33,34). The maximum Gasteiger partial charge on any atom is 0.232 e. The number of nitrogens with one attached hydrogen (secondary N) is 1. The minimum absolute atomic E-state index is 0.135. The molecule has 0 spiro atoms. The highest BCUT2D eigenvalue weighted by atomic mass is 32.1. The Balaban J connectivity index is 1.33. The Morgan fingerprint density at radius 3 is 2.19 bits per heavy atom. The van der Waals surface area contributed by atoms with Crippen LogP contribution in [0.1, 0.15) is 30.9 Å². The zero-order valence-electron chi connectivity index (χ0n) is 19.8. The Bertz CT molecular complexity index is 1580. The Labute approximate surface area is 212 Å². The highest BCUT2D eigenvalue weighted by Gasteiger charge is 2.43. The van der Waals surface area contributed by atoms with E-state index in [9.17, 15) is 9.18 Å². The van der Waals surface area contributed by atoms with Gasteiger partial charge in [0.05, 0.1) is 11.1 Å². The predicted molar refractivity (Wildman–Crippen MR) is 142 cm³/mol. The summed E-state index contributed by atoms with van der Waals surface area (Å²) in [6.07, 6.45) is 0. The number of carbonyl (C=O) groups is 1. The van der Waals surface area contributed by atoms with E-state index in [1.807, 2.05) is 86.0 Å². The minimum atomic E-state index is -0.801. The van der Waals surface area contributed by atoms with Gasteiger partial charge >= 0.3 is 0 Å². The van der Waals surface area contributed by atoms with E-state index in [2.05, 4.69) is 10.3 Å². The van der Waals surface area contributed by atoms with Crippen molar-refractivity contribution in [3.8, 4) is 22.8 Å². The highest BCUT2D eigenvalue weighted by molar-refractivity contribution is 7.14. The molecule has 1 aromatic heterocycles. The molecule has 0 radical (unpaired) electrons. The molecule has 1 aliphatic rings. The van der Waals surface area contributed by atoms with Gasteiger partial charge in [0.2, 0.25) is 5.91 Å². The Kier molecular flexibility index (Phi) is 5.34. The zero-order chi connectivity index (χ0) is 24.9. The molecule has 6 rings (SSSR count). The van der Waals surface area contributed by atoms with Crippen LogP contribution in [-0.2, 0) is 4.79 Å². The first-order chi connectivity index (χ1) is 17.4. The molecule has 4 aromatic carbocycles. The molecule has 5 aromatic rings. The third-order valence-electron chi connectivity index (χ3n) is 6.86. The summed E-state index contributed by atoms with van der Waals surface area (Å²) in [5.74, 6) is 0.934. The van der Waals surface area contributed by atoms with Gasteiger partial charge in [-0.05, 0) is 29.7 Å². The van der Waals surface area contributed by atoms with Crippen LogP contribution in [0.2, 0.25) is 0 Å². The third kappa shape index (κ3) is 3.65. The van der Waals surface area contributed by atoms with Crippen LogP contribution in [0.5, 0.6) is 11.5 Å². The number of anilines is 1. The van der Waals surface area contributed by atoms with E-state index >= 15 is 0 Å². The van der Waals surface area contributed by atoms with Crippen LogP contribution < -0.4 is 10.1 Å². The predicted octanol–water partition coefficient (Wildman–Crippen LogP) is 8.00. The molecule has 0 saturated carbocycles. The van der Waals surface area contributed by atoms with Crippen molar-refractivity contribution in [2.24, 2.45) is 5.41 Å². The van der Waals surface area contributed by atoms with E-state index in [0.717, 1.165) is 33.6 Å². The van der Waals surface area contributed by atoms with Crippen molar-refractivity contribution >= 4 is 33.1 Å². The number of benzene rings is 4. The quantitative estimate of drug-likeness (QED) is 0.275. The molecule has 1 N–H and O–H groups in total. The number of ether oxygens (including phenoxy) is 1. The van der Waals surface area contributed by atoms with Crippen molar-refractivity contribution in [2.75, 3.05) is 5.32 Å². The SMILES string of the molecule is CC(C)(C(=O)Nc1nc(-c2ccc(F)c3ccccc23)cs1)C1c2ccccc2Oc2ccccc21. The molecule has 1 amide bonds. The van der Waals surface area contributed by atoms with Gasteiger partial charge in [-0.3, -0.25) is 4.79 Å². The van der Waals surface area contributed by atoms with E-state index in [4.69, 9.17) is 4.74 Å². The van der Waals surface area contributed by atoms with Gasteiger partial charge in [0.1, 0.15) is 17.3 Å². The van der Waals surface area contributed by atoms with E-state index in [1.165, 1.54) is 17.4 Å². The number of hydrogen-bond donors (Lipinski definition) is 1. The smallest absolute Gasteiger partial charge is 0.232 e. The van der Waals surface area contributed by atoms with Crippen LogP contribution in [0.25, 0.3) is 22.0 Å². The fraction of sp³-hybridized carbons (Fsp3) is 0.133. The first kappa shape index (κ1) is 22.4. The average Bonchev–Trinajstić information content (AvgIpc) is 3.35. The van der Waals surface area contributed by atoms with Gasteiger partial charge in [0.15, 0.2) is 5.13 Å². The van der Waals surface area contributed by atoms with Crippen molar-refractivity contribution in [3.63, 3.8) is 0 Å². The van der Waals surface area contributed by atoms with Gasteiger partial charge in [0.25, 0.3) is 0 Å². The summed E-state index contributed by atoms with van der Waals surface area (Å²) in [4.78, 5) is 18.4. The zero-order valence-corrected chi connectivity index (χ0v) is 20.6. The van der Waals surface area contributed by atoms with E-state index < -0.39 is 5.41 Å². The molecule has 0 fully saturated rings. The Morgan fingerprint density at radius 1 is 0.889 bits per heavy atom. The van der Waals surface area contributed by atoms with Gasteiger partial charge in [0, 0.05) is 33.4 Å². The molecule has 36 heavy (non-hydrogen) atoms. The van der Waals surface area contributed by atoms with Crippen molar-refractivity contribution in [3.05, 3.63) is 107 Å². The molecule has 0 atom stereocenters. The molecular weight excluding hydrogens is 471 g/mol. The monoisotopic (exact) mass is 494 g/mol. The number of fused-ring (bicyclic) bond motifs is 3. The van der Waals surface area contributed by atoms with Gasteiger partial charge in [-0.15, -0.1) is 11.3 Å². The van der Waals surface area contributed by atoms with Gasteiger partial charge in [-0.1, -0.05) is 74.5 Å². The van der Waals surface area contributed by atoms with Gasteiger partial charge in [-0.25, -0.2) is 9.37 Å². The van der Waals surface area contributed by atoms with Crippen LogP contribution in [0.4, 0.5) is 9.52 Å². The summed E-state index contributed by atoms with van der Waals surface area (Å²) < 4.78 is 20.4. The van der Waals surface area contributed by atoms with Gasteiger partial charge < -0.3 is 10.1 Å². The second kappa shape index (κ2) is 8.57. The number of rotatable bonds is 4. The number of aromatic nitrogens is 1. The summed E-state index contributed by atoms with van der Waals surface area (Å²) in [7, 11) is 0. The molecule has 0 unspecified atom stereocenters. The largest absolute Gasteiger partial charge is 0.457 e. The van der Waals surface area contributed by atoms with Crippen LogP contribution in [-0.4, -0.2) is 10.9 Å². The molecule has 0 saturated heterocycles. The topological polar surface area (TPSA) is 51.2 Å². The molecule has 4 nitrogen and oxygen atoms in total. The third-order valence-corrected chi connectivity index (χ3v) is 7.62. The molecule has 1 aliphatic heterocycles. The average molecular weight is 495 g/mol. The number of nitrogens with zero attached hydrogens (tertiary/aromatic N) is 1. The van der Waals surface area contributed by atoms with Crippen LogP contribution in [0, 0.1) is 11.2 Å². The lowest BCUT2D eigenvalue weighted by atomic mass is 9.69. The van der Waals surface area contributed by atoms with Crippen LogP contribution in [0.3, 0.4) is 0 Å². The number of hydrogen-bond acceptors (Lipinski definition) is 4. The number of thiazole rings is 1. The maximum absolute atomic E-state index is 14.3. The van der Waals surface area contributed by atoms with Crippen molar-refractivity contribution in [1.82, 2.24) is 4.98 Å². The Morgan fingerprint density at radius 2 is 1.50 bits per heavy atom. The molecule has 0 aliphatic carbocycles. The Hall–Kier alpha value is -4.03. The highest BCUT2D eigenvalue weighted by Crippen LogP contribution is 2.52. The fourth-order valence-corrected chi connectivity index (χ4v) is 5.72. The van der Waals surface area contributed by atoms with Crippen molar-refractivity contribution < 1.29 is 13.9 Å². The van der Waals surface area contributed by atoms with Crippen LogP contribution in [0.15, 0.2) is 90.3 Å². The molecule has 6 heteroatoms. The fourth-order valence-electron chi connectivity index (χ4n) is 5.02. The summed E-state index contributed by atoms with van der Waals surface area (Å²) in [5, 5.41) is 6.78. The van der Waals surface area contributed by atoms with E-state index in [1.54, 1.807) is 12.1 Å². The van der Waals surface area contributed by atoms with Crippen LogP contribution >= 0.6 is 11.3 Å². The normalized spacial score (nSPS) is 13.1. The van der Waals surface area contributed by atoms with E-state index in [0.29, 0.717) is 16.2 Å². The van der Waals surface area contributed by atoms with Crippen molar-refractivity contribution in [1.29, 1.82) is 0 Å². The van der Waals surface area contributed by atoms with E-state index in [-0.39, 0.29) is 17.6 Å².